The Labute approximate surface area is 140 Å². The Hall–Kier alpha value is -2.41. The first-order chi connectivity index (χ1) is 11.1. The summed E-state index contributed by atoms with van der Waals surface area (Å²) in [5, 5.41) is 11.1. The van der Waals surface area contributed by atoms with Gasteiger partial charge < -0.3 is 10.6 Å². The van der Waals surface area contributed by atoms with Gasteiger partial charge in [0.2, 0.25) is 17.8 Å². The maximum atomic E-state index is 5.89. The number of hydrogen-bond acceptors (Lipinski definition) is 7. The highest BCUT2D eigenvalue weighted by atomic mass is 35.5. The third-order valence-corrected chi connectivity index (χ3v) is 3.14. The molecule has 23 heavy (non-hydrogen) atoms. The van der Waals surface area contributed by atoms with Crippen molar-refractivity contribution >= 4 is 35.2 Å². The standard InChI is InChI=1S/C15H20ClN7/c1-4-17-13-19-14(18-5-2)21-15(20-13)23-22-10(3)11-6-8-12(16)9-7-11/h6-9H,4-5H2,1-3H3,(H3,17,18,19,20,21,23)/b22-10+. The number of halogens is 1. The predicted octanol–water partition coefficient (Wildman–Crippen LogP) is 3.22. The lowest BCUT2D eigenvalue weighted by Crippen LogP contribution is -2.11. The molecule has 3 N–H and O–H groups in total. The molecule has 122 valence electrons. The molecule has 7 nitrogen and oxygen atoms in total. The molecule has 0 bridgehead atoms. The summed E-state index contributed by atoms with van der Waals surface area (Å²) in [6.07, 6.45) is 0. The van der Waals surface area contributed by atoms with Gasteiger partial charge in [-0.2, -0.15) is 20.1 Å². The lowest BCUT2D eigenvalue weighted by molar-refractivity contribution is 0.991. The Kier molecular flexibility index (Phi) is 6.10. The van der Waals surface area contributed by atoms with Gasteiger partial charge in [-0.1, -0.05) is 23.7 Å². The van der Waals surface area contributed by atoms with Crippen LogP contribution in [0.4, 0.5) is 17.8 Å². The molecule has 0 atom stereocenters. The Morgan fingerprint density at radius 3 is 2.00 bits per heavy atom. The average Bonchev–Trinajstić information content (AvgIpc) is 2.54. The van der Waals surface area contributed by atoms with Crippen LogP contribution in [0.15, 0.2) is 29.4 Å². The van der Waals surface area contributed by atoms with Gasteiger partial charge in [0, 0.05) is 18.1 Å². The van der Waals surface area contributed by atoms with Crippen molar-refractivity contribution in [1.82, 2.24) is 15.0 Å². The minimum Gasteiger partial charge on any atom is -0.354 e. The fourth-order valence-electron chi connectivity index (χ4n) is 1.79. The molecule has 8 heteroatoms. The second-order valence-corrected chi connectivity index (χ2v) is 5.12. The van der Waals surface area contributed by atoms with E-state index in [4.69, 9.17) is 11.6 Å². The molecule has 0 radical (unpaired) electrons. The van der Waals surface area contributed by atoms with Gasteiger partial charge in [0.05, 0.1) is 5.71 Å². The fourth-order valence-corrected chi connectivity index (χ4v) is 1.92. The summed E-state index contributed by atoms with van der Waals surface area (Å²) in [5.41, 5.74) is 4.64. The molecule has 1 aromatic heterocycles. The van der Waals surface area contributed by atoms with E-state index in [-0.39, 0.29) is 0 Å². The summed E-state index contributed by atoms with van der Waals surface area (Å²) < 4.78 is 0. The lowest BCUT2D eigenvalue weighted by atomic mass is 10.1. The first-order valence-corrected chi connectivity index (χ1v) is 7.80. The Morgan fingerprint density at radius 2 is 1.48 bits per heavy atom. The van der Waals surface area contributed by atoms with Crippen LogP contribution in [0.5, 0.6) is 0 Å². The van der Waals surface area contributed by atoms with E-state index in [1.807, 2.05) is 45.0 Å². The molecule has 1 heterocycles. The molecule has 0 fully saturated rings. The van der Waals surface area contributed by atoms with Crippen LogP contribution in [0.3, 0.4) is 0 Å². The van der Waals surface area contributed by atoms with E-state index in [0.29, 0.717) is 22.9 Å². The van der Waals surface area contributed by atoms with Crippen molar-refractivity contribution in [3.8, 4) is 0 Å². The van der Waals surface area contributed by atoms with Gasteiger partial charge >= 0.3 is 0 Å². The van der Waals surface area contributed by atoms with E-state index >= 15 is 0 Å². The maximum absolute atomic E-state index is 5.89. The third-order valence-electron chi connectivity index (χ3n) is 2.89. The van der Waals surface area contributed by atoms with Crippen molar-refractivity contribution in [3.05, 3.63) is 34.9 Å². The van der Waals surface area contributed by atoms with Crippen molar-refractivity contribution < 1.29 is 0 Å². The predicted molar refractivity (Wildman–Crippen MR) is 95.4 cm³/mol. The maximum Gasteiger partial charge on any atom is 0.250 e. The molecule has 0 amide bonds. The summed E-state index contributed by atoms with van der Waals surface area (Å²) in [6, 6.07) is 7.46. The van der Waals surface area contributed by atoms with Crippen LogP contribution < -0.4 is 16.1 Å². The van der Waals surface area contributed by atoms with Crippen molar-refractivity contribution in [1.29, 1.82) is 0 Å². The number of hydrogen-bond donors (Lipinski definition) is 3. The molecular formula is C15H20ClN7. The normalized spacial score (nSPS) is 11.2. The molecule has 0 aliphatic heterocycles. The summed E-state index contributed by atoms with van der Waals surface area (Å²) in [4.78, 5) is 12.8. The van der Waals surface area contributed by atoms with Crippen molar-refractivity contribution in [3.63, 3.8) is 0 Å². The monoisotopic (exact) mass is 333 g/mol. The highest BCUT2D eigenvalue weighted by Gasteiger charge is 2.05. The zero-order valence-electron chi connectivity index (χ0n) is 13.4. The van der Waals surface area contributed by atoms with Gasteiger partial charge in [-0.15, -0.1) is 0 Å². The van der Waals surface area contributed by atoms with Gasteiger partial charge in [0.1, 0.15) is 0 Å². The van der Waals surface area contributed by atoms with Gasteiger partial charge in [0.15, 0.2) is 0 Å². The first-order valence-electron chi connectivity index (χ1n) is 7.42. The Balaban J connectivity index is 2.17. The molecule has 0 aliphatic rings. The highest BCUT2D eigenvalue weighted by molar-refractivity contribution is 6.30. The van der Waals surface area contributed by atoms with E-state index in [2.05, 4.69) is 36.1 Å². The number of rotatable bonds is 7. The Morgan fingerprint density at radius 1 is 0.957 bits per heavy atom. The van der Waals surface area contributed by atoms with E-state index < -0.39 is 0 Å². The number of hydrazone groups is 1. The highest BCUT2D eigenvalue weighted by Crippen LogP contribution is 2.12. The van der Waals surface area contributed by atoms with Gasteiger partial charge in [-0.3, -0.25) is 0 Å². The minimum absolute atomic E-state index is 0.375. The van der Waals surface area contributed by atoms with Crippen LogP contribution >= 0.6 is 11.6 Å². The summed E-state index contributed by atoms with van der Waals surface area (Å²) in [5.74, 6) is 1.38. The molecule has 1 aromatic carbocycles. The molecule has 0 saturated carbocycles. The zero-order chi connectivity index (χ0) is 16.7. The topological polar surface area (TPSA) is 87.1 Å². The number of nitrogens with one attached hydrogen (secondary N) is 3. The minimum atomic E-state index is 0.375. The smallest absolute Gasteiger partial charge is 0.250 e. The molecule has 2 rings (SSSR count). The van der Waals surface area contributed by atoms with Gasteiger partial charge in [-0.05, 0) is 38.5 Å². The molecule has 0 unspecified atom stereocenters. The number of anilines is 3. The van der Waals surface area contributed by atoms with E-state index in [9.17, 15) is 0 Å². The number of aromatic nitrogens is 3. The molecule has 0 spiro atoms. The summed E-state index contributed by atoms with van der Waals surface area (Å²) >= 11 is 5.89. The van der Waals surface area contributed by atoms with Crippen molar-refractivity contribution in [2.24, 2.45) is 5.10 Å². The van der Waals surface area contributed by atoms with E-state index in [0.717, 1.165) is 24.4 Å². The summed E-state index contributed by atoms with van der Waals surface area (Å²) in [7, 11) is 0. The number of nitrogens with zero attached hydrogens (tertiary/aromatic N) is 4. The van der Waals surface area contributed by atoms with Gasteiger partial charge in [0.25, 0.3) is 0 Å². The van der Waals surface area contributed by atoms with Crippen molar-refractivity contribution in [2.75, 3.05) is 29.1 Å². The number of benzene rings is 1. The average molecular weight is 334 g/mol. The fraction of sp³-hybridized carbons (Fsp3) is 0.333. The van der Waals surface area contributed by atoms with Crippen LogP contribution in [-0.4, -0.2) is 33.8 Å². The quantitative estimate of drug-likeness (QED) is 0.532. The zero-order valence-corrected chi connectivity index (χ0v) is 14.1. The van der Waals surface area contributed by atoms with Crippen LogP contribution in [-0.2, 0) is 0 Å². The van der Waals surface area contributed by atoms with Crippen LogP contribution in [0.25, 0.3) is 0 Å². The van der Waals surface area contributed by atoms with Crippen molar-refractivity contribution in [2.45, 2.75) is 20.8 Å². The van der Waals surface area contributed by atoms with Crippen LogP contribution in [0.2, 0.25) is 5.02 Å². The van der Waals surface area contributed by atoms with Crippen LogP contribution in [0.1, 0.15) is 26.3 Å². The molecule has 2 aromatic rings. The second-order valence-electron chi connectivity index (χ2n) is 4.68. The van der Waals surface area contributed by atoms with Gasteiger partial charge in [-0.25, -0.2) is 5.43 Å². The molecule has 0 saturated heterocycles. The third kappa shape index (κ3) is 5.07. The van der Waals surface area contributed by atoms with E-state index in [1.165, 1.54) is 0 Å². The van der Waals surface area contributed by atoms with Crippen LogP contribution in [0, 0.1) is 0 Å². The first kappa shape index (κ1) is 17.0. The van der Waals surface area contributed by atoms with E-state index in [1.54, 1.807) is 0 Å². The second kappa shape index (κ2) is 8.28. The molecular weight excluding hydrogens is 314 g/mol. The largest absolute Gasteiger partial charge is 0.354 e. The SMILES string of the molecule is CCNc1nc(NCC)nc(N/N=C(\C)c2ccc(Cl)cc2)n1. The molecule has 0 aliphatic carbocycles. The lowest BCUT2D eigenvalue weighted by Gasteiger charge is -2.08. The Bertz CT molecular complexity index is 646. The summed E-state index contributed by atoms with van der Waals surface area (Å²) in [6.45, 7) is 7.30.